The quantitative estimate of drug-likeness (QED) is 0.0560. The zero-order chi connectivity index (χ0) is 49.0. The molecule has 9 rings (SSSR count). The van der Waals surface area contributed by atoms with Gasteiger partial charge in [-0.15, -0.1) is 0 Å². The van der Waals surface area contributed by atoms with Crippen LogP contribution in [0.3, 0.4) is 0 Å². The fraction of sp³-hybridized carbons (Fsp3) is 0.311. The first-order valence-corrected chi connectivity index (χ1v) is 24.8. The van der Waals surface area contributed by atoms with Crippen molar-refractivity contribution >= 4 is 0 Å². The number of ether oxygens (including phenoxy) is 10. The normalized spacial score (nSPS) is 23.4. The SMILES string of the molecule is O[C@H]1O[C@H](CO[C@@H]2O[C@@H]([C@@H](COCc3ccccc3)OCc3ccccc3)[C@H](OCc3ccccc3)[C@H]2OCc2ccccc2)[C@@H](OCc2ccccc2)[C@H](OCc2ccccc2)[C@@H]1OCc1ccccc1. The van der Waals surface area contributed by atoms with E-state index < -0.39 is 61.4 Å². The summed E-state index contributed by atoms with van der Waals surface area (Å²) in [6.07, 6.45) is -8.56. The first kappa shape index (κ1) is 51.0. The molecule has 10 atom stereocenters. The Morgan fingerprint density at radius 3 is 1.12 bits per heavy atom. The molecule has 0 unspecified atom stereocenters. The van der Waals surface area contributed by atoms with E-state index in [1.807, 2.05) is 212 Å². The minimum atomic E-state index is -1.40. The van der Waals surface area contributed by atoms with Gasteiger partial charge in [0.25, 0.3) is 0 Å². The molecule has 0 aliphatic carbocycles. The summed E-state index contributed by atoms with van der Waals surface area (Å²) >= 11 is 0. The third-order valence-corrected chi connectivity index (χ3v) is 12.7. The first-order chi connectivity index (χ1) is 35.6. The molecule has 0 bridgehead atoms. The number of hydrogen-bond donors (Lipinski definition) is 1. The van der Waals surface area contributed by atoms with Crippen LogP contribution in [0.4, 0.5) is 0 Å². The second-order valence-electron chi connectivity index (χ2n) is 18.0. The van der Waals surface area contributed by atoms with Gasteiger partial charge in [-0.3, -0.25) is 0 Å². The van der Waals surface area contributed by atoms with Crippen molar-refractivity contribution in [1.82, 2.24) is 0 Å². The minimum absolute atomic E-state index is 0.0822. The highest BCUT2D eigenvalue weighted by atomic mass is 16.7. The molecule has 2 aliphatic heterocycles. The lowest BCUT2D eigenvalue weighted by atomic mass is 9.98. The van der Waals surface area contributed by atoms with Crippen molar-refractivity contribution in [1.29, 1.82) is 0 Å². The molecule has 374 valence electrons. The van der Waals surface area contributed by atoms with Crippen molar-refractivity contribution in [2.75, 3.05) is 13.2 Å². The molecule has 1 N–H and O–H groups in total. The van der Waals surface area contributed by atoms with Gasteiger partial charge in [0.15, 0.2) is 12.6 Å². The maximum absolute atomic E-state index is 12.0. The van der Waals surface area contributed by atoms with Gasteiger partial charge in [-0.25, -0.2) is 0 Å². The van der Waals surface area contributed by atoms with Crippen LogP contribution in [-0.4, -0.2) is 79.7 Å². The van der Waals surface area contributed by atoms with Gasteiger partial charge >= 0.3 is 0 Å². The van der Waals surface area contributed by atoms with Gasteiger partial charge in [0, 0.05) is 0 Å². The molecule has 0 amide bonds. The van der Waals surface area contributed by atoms with Gasteiger partial charge < -0.3 is 52.5 Å². The van der Waals surface area contributed by atoms with Crippen LogP contribution in [0.2, 0.25) is 0 Å². The lowest BCUT2D eigenvalue weighted by Crippen LogP contribution is -2.61. The molecule has 2 heterocycles. The zero-order valence-electron chi connectivity index (χ0n) is 40.4. The highest BCUT2D eigenvalue weighted by Crippen LogP contribution is 2.35. The Morgan fingerprint density at radius 1 is 0.347 bits per heavy atom. The van der Waals surface area contributed by atoms with E-state index in [1.165, 1.54) is 0 Å². The maximum atomic E-state index is 12.0. The second-order valence-corrected chi connectivity index (χ2v) is 18.0. The van der Waals surface area contributed by atoms with Crippen molar-refractivity contribution in [3.63, 3.8) is 0 Å². The average Bonchev–Trinajstić information content (AvgIpc) is 3.79. The summed E-state index contributed by atoms with van der Waals surface area (Å²) in [6, 6.07) is 69.7. The number of benzene rings is 7. The van der Waals surface area contributed by atoms with Crippen molar-refractivity contribution in [3.8, 4) is 0 Å². The van der Waals surface area contributed by atoms with E-state index >= 15 is 0 Å². The maximum Gasteiger partial charge on any atom is 0.187 e. The molecule has 0 spiro atoms. The van der Waals surface area contributed by atoms with Crippen molar-refractivity contribution < 1.29 is 52.5 Å². The molecule has 7 aromatic carbocycles. The van der Waals surface area contributed by atoms with E-state index in [9.17, 15) is 5.11 Å². The topological polar surface area (TPSA) is 113 Å². The van der Waals surface area contributed by atoms with E-state index in [0.717, 1.165) is 38.9 Å². The molecule has 72 heavy (non-hydrogen) atoms. The molecule has 11 heteroatoms. The van der Waals surface area contributed by atoms with Gasteiger partial charge in [0.1, 0.15) is 48.8 Å². The summed E-state index contributed by atoms with van der Waals surface area (Å²) in [4.78, 5) is 0. The Bertz CT molecular complexity index is 2550. The average molecular weight is 973 g/mol. The van der Waals surface area contributed by atoms with Gasteiger partial charge in [0.2, 0.25) is 0 Å². The predicted molar refractivity (Wildman–Crippen MR) is 272 cm³/mol. The monoisotopic (exact) mass is 972 g/mol. The van der Waals surface area contributed by atoms with Gasteiger partial charge in [-0.2, -0.15) is 0 Å². The fourth-order valence-corrected chi connectivity index (χ4v) is 8.95. The van der Waals surface area contributed by atoms with E-state index in [1.54, 1.807) is 0 Å². The lowest BCUT2D eigenvalue weighted by Gasteiger charge is -2.44. The summed E-state index contributed by atoms with van der Waals surface area (Å²) < 4.78 is 67.6. The number of aliphatic hydroxyl groups excluding tert-OH is 1. The van der Waals surface area contributed by atoms with Crippen LogP contribution in [-0.2, 0) is 93.6 Å². The lowest BCUT2D eigenvalue weighted by molar-refractivity contribution is -0.323. The number of hydrogen-bond acceptors (Lipinski definition) is 11. The minimum Gasteiger partial charge on any atom is -0.374 e. The van der Waals surface area contributed by atoms with Gasteiger partial charge in [-0.05, 0) is 38.9 Å². The second kappa shape index (κ2) is 27.2. The molecule has 0 aromatic heterocycles. The molecule has 7 aromatic rings. The molecule has 2 aliphatic rings. The van der Waals surface area contributed by atoms with Crippen LogP contribution in [0.1, 0.15) is 38.9 Å². The summed E-state index contributed by atoms with van der Waals surface area (Å²) in [6.45, 7) is 2.00. The molecule has 0 saturated carbocycles. The Labute approximate surface area is 423 Å². The standard InChI is InChI=1S/C61H64O11/c62-60-58(68-41-50-32-18-6-19-33-50)56(66-39-48-28-14-4-15-29-48)54(65-38-47-26-12-3-13-27-47)53(71-60)44-70-61-59(69-42-51-34-20-7-21-35-51)57(67-40-49-30-16-5-17-31-49)55(72-61)52(64-37-46-24-10-2-11-25-46)43-63-36-45-22-8-1-9-23-45/h1-35,52-62H,36-44H2/t52-,53-,54-,55+,56+,57+,58+,59-,60+,61-/m1/s1. The van der Waals surface area contributed by atoms with Crippen molar-refractivity contribution in [3.05, 3.63) is 251 Å². The molecule has 2 saturated heterocycles. The van der Waals surface area contributed by atoms with Crippen LogP contribution in [0.15, 0.2) is 212 Å². The highest BCUT2D eigenvalue weighted by molar-refractivity contribution is 5.19. The molecule has 0 radical (unpaired) electrons. The molecule has 11 nitrogen and oxygen atoms in total. The third kappa shape index (κ3) is 14.8. The predicted octanol–water partition coefficient (Wildman–Crippen LogP) is 10.2. The number of rotatable bonds is 26. The highest BCUT2D eigenvalue weighted by Gasteiger charge is 2.53. The van der Waals surface area contributed by atoms with Crippen molar-refractivity contribution in [2.24, 2.45) is 0 Å². The Kier molecular flexibility index (Phi) is 19.3. The Balaban J connectivity index is 1.02. The van der Waals surface area contributed by atoms with E-state index in [0.29, 0.717) is 13.2 Å². The van der Waals surface area contributed by atoms with Crippen LogP contribution in [0, 0.1) is 0 Å². The summed E-state index contributed by atoms with van der Waals surface area (Å²) in [5.41, 5.74) is 6.84. The molecular formula is C61H64O11. The summed E-state index contributed by atoms with van der Waals surface area (Å²) in [5, 5.41) is 12.0. The first-order valence-electron chi connectivity index (χ1n) is 24.8. The number of aliphatic hydroxyl groups is 1. The van der Waals surface area contributed by atoms with Crippen molar-refractivity contribution in [2.45, 2.75) is 108 Å². The Morgan fingerprint density at radius 2 is 0.694 bits per heavy atom. The van der Waals surface area contributed by atoms with Gasteiger partial charge in [0.05, 0.1) is 59.5 Å². The van der Waals surface area contributed by atoms with Crippen LogP contribution in [0.25, 0.3) is 0 Å². The molecular weight excluding hydrogens is 909 g/mol. The van der Waals surface area contributed by atoms with E-state index in [4.69, 9.17) is 47.4 Å². The fourth-order valence-electron chi connectivity index (χ4n) is 8.95. The van der Waals surface area contributed by atoms with Crippen LogP contribution < -0.4 is 0 Å². The van der Waals surface area contributed by atoms with E-state index in [-0.39, 0.29) is 46.2 Å². The summed E-state index contributed by atoms with van der Waals surface area (Å²) in [5.74, 6) is 0. The van der Waals surface area contributed by atoms with Crippen LogP contribution in [0.5, 0.6) is 0 Å². The largest absolute Gasteiger partial charge is 0.374 e. The van der Waals surface area contributed by atoms with E-state index in [2.05, 4.69) is 0 Å². The summed E-state index contributed by atoms with van der Waals surface area (Å²) in [7, 11) is 0. The van der Waals surface area contributed by atoms with Crippen LogP contribution >= 0.6 is 0 Å². The zero-order valence-corrected chi connectivity index (χ0v) is 40.4. The molecule has 2 fully saturated rings. The smallest absolute Gasteiger partial charge is 0.187 e. The van der Waals surface area contributed by atoms with Gasteiger partial charge in [-0.1, -0.05) is 212 Å². The third-order valence-electron chi connectivity index (χ3n) is 12.7. The Hall–Kier alpha value is -5.90.